The zero-order valence-corrected chi connectivity index (χ0v) is 13.6. The van der Waals surface area contributed by atoms with E-state index in [2.05, 4.69) is 5.32 Å². The van der Waals surface area contributed by atoms with E-state index in [9.17, 15) is 9.59 Å². The number of carbonyl (C=O) groups excluding carboxylic acids is 2. The lowest BCUT2D eigenvalue weighted by molar-refractivity contribution is 0.0366. The Labute approximate surface area is 139 Å². The molecule has 2 aromatic rings. The lowest BCUT2D eigenvalue weighted by Gasteiger charge is -2.28. The average Bonchev–Trinajstić information content (AvgIpc) is 2.78. The SMILES string of the molecule is Cc1ccc2c(c1)C(=O)N(N(C)C(=S)Nc1ccccc1)C2=O. The smallest absolute Gasteiger partial charge is 0.280 e. The van der Waals surface area contributed by atoms with Crippen LogP contribution in [0.15, 0.2) is 48.5 Å². The van der Waals surface area contributed by atoms with Crippen LogP contribution in [0, 0.1) is 6.92 Å². The number of para-hydroxylation sites is 1. The molecule has 23 heavy (non-hydrogen) atoms. The second-order valence-electron chi connectivity index (χ2n) is 5.29. The van der Waals surface area contributed by atoms with E-state index in [0.29, 0.717) is 11.1 Å². The molecule has 1 aliphatic rings. The summed E-state index contributed by atoms with van der Waals surface area (Å²) in [4.78, 5) is 25.0. The van der Waals surface area contributed by atoms with E-state index >= 15 is 0 Å². The Morgan fingerprint density at radius 2 is 1.70 bits per heavy atom. The van der Waals surface area contributed by atoms with Gasteiger partial charge >= 0.3 is 0 Å². The van der Waals surface area contributed by atoms with Crippen molar-refractivity contribution < 1.29 is 9.59 Å². The molecule has 2 amide bonds. The zero-order chi connectivity index (χ0) is 16.6. The summed E-state index contributed by atoms with van der Waals surface area (Å²) in [6, 6.07) is 14.5. The Kier molecular flexibility index (Phi) is 3.83. The maximum absolute atomic E-state index is 12.5. The van der Waals surface area contributed by atoms with Gasteiger partial charge in [-0.1, -0.05) is 29.8 Å². The van der Waals surface area contributed by atoms with Gasteiger partial charge in [0.15, 0.2) is 5.11 Å². The van der Waals surface area contributed by atoms with Crippen molar-refractivity contribution >= 4 is 34.8 Å². The van der Waals surface area contributed by atoms with Crippen LogP contribution in [-0.2, 0) is 0 Å². The number of anilines is 1. The fraction of sp³-hybridized carbons (Fsp3) is 0.118. The molecule has 3 rings (SSSR count). The van der Waals surface area contributed by atoms with Crippen LogP contribution in [0.5, 0.6) is 0 Å². The average molecular weight is 325 g/mol. The molecule has 1 aliphatic heterocycles. The van der Waals surface area contributed by atoms with Gasteiger partial charge < -0.3 is 5.32 Å². The van der Waals surface area contributed by atoms with E-state index in [0.717, 1.165) is 16.3 Å². The summed E-state index contributed by atoms with van der Waals surface area (Å²) in [5, 5.41) is 5.70. The van der Waals surface area contributed by atoms with Crippen molar-refractivity contribution in [3.05, 3.63) is 65.2 Å². The van der Waals surface area contributed by atoms with Gasteiger partial charge in [-0.3, -0.25) is 14.6 Å². The normalized spacial score (nSPS) is 13.0. The van der Waals surface area contributed by atoms with E-state index < -0.39 is 0 Å². The van der Waals surface area contributed by atoms with Gasteiger partial charge in [-0.15, -0.1) is 0 Å². The molecule has 0 unspecified atom stereocenters. The number of nitrogens with one attached hydrogen (secondary N) is 1. The number of thiocarbonyl (C=S) groups is 1. The quantitative estimate of drug-likeness (QED) is 0.680. The Balaban J connectivity index is 1.83. The topological polar surface area (TPSA) is 52.7 Å². The molecule has 6 heteroatoms. The lowest BCUT2D eigenvalue weighted by atomic mass is 10.1. The number of fused-ring (bicyclic) bond motifs is 1. The standard InChI is InChI=1S/C17H15N3O2S/c1-11-8-9-13-14(10-11)16(22)20(15(13)21)19(2)17(23)18-12-6-4-3-5-7-12/h3-10H,1-2H3,(H,18,23). The first kappa shape index (κ1) is 15.2. The number of imide groups is 1. The highest BCUT2D eigenvalue weighted by Crippen LogP contribution is 2.25. The summed E-state index contributed by atoms with van der Waals surface area (Å²) in [6.07, 6.45) is 0. The predicted molar refractivity (Wildman–Crippen MR) is 92.1 cm³/mol. The van der Waals surface area contributed by atoms with E-state index in [1.54, 1.807) is 19.2 Å². The fourth-order valence-electron chi connectivity index (χ4n) is 2.43. The molecular weight excluding hydrogens is 310 g/mol. The highest BCUT2D eigenvalue weighted by atomic mass is 32.1. The first-order valence-electron chi connectivity index (χ1n) is 7.08. The minimum atomic E-state index is -0.371. The molecular formula is C17H15N3O2S. The molecule has 0 bridgehead atoms. The van der Waals surface area contributed by atoms with Crippen LogP contribution in [-0.4, -0.2) is 34.0 Å². The number of benzene rings is 2. The first-order chi connectivity index (χ1) is 11.0. The predicted octanol–water partition coefficient (Wildman–Crippen LogP) is 2.83. The van der Waals surface area contributed by atoms with E-state index in [1.807, 2.05) is 43.3 Å². The Bertz CT molecular complexity index is 805. The highest BCUT2D eigenvalue weighted by Gasteiger charge is 2.39. The molecule has 116 valence electrons. The summed E-state index contributed by atoms with van der Waals surface area (Å²) in [5.41, 5.74) is 2.52. The number of hydrogen-bond acceptors (Lipinski definition) is 3. The fourth-order valence-corrected chi connectivity index (χ4v) is 2.63. The summed E-state index contributed by atoms with van der Waals surface area (Å²) in [6.45, 7) is 1.88. The number of rotatable bonds is 2. The van der Waals surface area contributed by atoms with Gasteiger partial charge in [0, 0.05) is 12.7 Å². The maximum atomic E-state index is 12.5. The molecule has 2 aromatic carbocycles. The number of hydrazine groups is 1. The molecule has 0 fully saturated rings. The van der Waals surface area contributed by atoms with Crippen LogP contribution < -0.4 is 5.32 Å². The van der Waals surface area contributed by atoms with Crippen LogP contribution in [0.2, 0.25) is 0 Å². The van der Waals surface area contributed by atoms with Crippen LogP contribution in [0.25, 0.3) is 0 Å². The monoisotopic (exact) mass is 325 g/mol. The van der Waals surface area contributed by atoms with Crippen molar-refractivity contribution in [3.8, 4) is 0 Å². The minimum absolute atomic E-state index is 0.266. The Morgan fingerprint density at radius 1 is 1.04 bits per heavy atom. The molecule has 0 saturated heterocycles. The van der Waals surface area contributed by atoms with Gasteiger partial charge in [0.1, 0.15) is 0 Å². The number of nitrogens with zero attached hydrogens (tertiary/aromatic N) is 2. The van der Waals surface area contributed by atoms with E-state index in [4.69, 9.17) is 12.2 Å². The minimum Gasteiger partial charge on any atom is -0.331 e. The van der Waals surface area contributed by atoms with Crippen LogP contribution in [0.3, 0.4) is 0 Å². The number of carbonyl (C=O) groups is 2. The molecule has 0 spiro atoms. The number of hydrogen-bond donors (Lipinski definition) is 1. The Hall–Kier alpha value is -2.73. The second-order valence-corrected chi connectivity index (χ2v) is 5.68. The van der Waals surface area contributed by atoms with Crippen molar-refractivity contribution in [1.29, 1.82) is 0 Å². The molecule has 0 atom stereocenters. The van der Waals surface area contributed by atoms with Gasteiger partial charge in [0.05, 0.1) is 11.1 Å². The van der Waals surface area contributed by atoms with Crippen molar-refractivity contribution in [2.45, 2.75) is 6.92 Å². The van der Waals surface area contributed by atoms with E-state index in [1.165, 1.54) is 5.01 Å². The second kappa shape index (κ2) is 5.81. The largest absolute Gasteiger partial charge is 0.331 e. The summed E-state index contributed by atoms with van der Waals surface area (Å²) < 4.78 is 0. The summed E-state index contributed by atoms with van der Waals surface area (Å²) in [7, 11) is 1.59. The molecule has 1 N–H and O–H groups in total. The third kappa shape index (κ3) is 2.68. The maximum Gasteiger partial charge on any atom is 0.280 e. The van der Waals surface area contributed by atoms with Gasteiger partial charge in [-0.2, -0.15) is 5.01 Å². The summed E-state index contributed by atoms with van der Waals surface area (Å²) >= 11 is 5.31. The molecule has 0 radical (unpaired) electrons. The highest BCUT2D eigenvalue weighted by molar-refractivity contribution is 7.80. The molecule has 0 aromatic heterocycles. The first-order valence-corrected chi connectivity index (χ1v) is 7.49. The Morgan fingerprint density at radius 3 is 2.39 bits per heavy atom. The lowest BCUT2D eigenvalue weighted by Crippen LogP contribution is -2.48. The van der Waals surface area contributed by atoms with Gasteiger partial charge in [0.25, 0.3) is 11.8 Å². The molecule has 0 aliphatic carbocycles. The van der Waals surface area contributed by atoms with Gasteiger partial charge in [0.2, 0.25) is 0 Å². The summed E-state index contributed by atoms with van der Waals surface area (Å²) in [5.74, 6) is -0.738. The van der Waals surface area contributed by atoms with Crippen molar-refractivity contribution in [1.82, 2.24) is 10.0 Å². The third-order valence-electron chi connectivity index (χ3n) is 3.64. The molecule has 5 nitrogen and oxygen atoms in total. The number of amides is 2. The van der Waals surface area contributed by atoms with Crippen LogP contribution >= 0.6 is 12.2 Å². The number of aryl methyl sites for hydroxylation is 1. The molecule has 1 heterocycles. The van der Waals surface area contributed by atoms with Crippen molar-refractivity contribution in [3.63, 3.8) is 0 Å². The third-order valence-corrected chi connectivity index (χ3v) is 4.01. The van der Waals surface area contributed by atoms with Crippen molar-refractivity contribution in [2.75, 3.05) is 12.4 Å². The van der Waals surface area contributed by atoms with Crippen molar-refractivity contribution in [2.24, 2.45) is 0 Å². The van der Waals surface area contributed by atoms with E-state index in [-0.39, 0.29) is 16.9 Å². The zero-order valence-electron chi connectivity index (χ0n) is 12.7. The van der Waals surface area contributed by atoms with Crippen LogP contribution in [0.1, 0.15) is 26.3 Å². The molecule has 0 saturated carbocycles. The van der Waals surface area contributed by atoms with Gasteiger partial charge in [-0.25, -0.2) is 0 Å². The van der Waals surface area contributed by atoms with Crippen LogP contribution in [0.4, 0.5) is 5.69 Å². The van der Waals surface area contributed by atoms with Gasteiger partial charge in [-0.05, 0) is 43.4 Å².